The number of rotatable bonds is 2. The zero-order valence-corrected chi connectivity index (χ0v) is 13.8. The molecule has 0 radical (unpaired) electrons. The van der Waals surface area contributed by atoms with Crippen LogP contribution in [0, 0.1) is 13.8 Å². The second kappa shape index (κ2) is 6.35. The second-order valence-corrected chi connectivity index (χ2v) is 6.06. The van der Waals surface area contributed by atoms with Crippen LogP contribution in [0.4, 0.5) is 5.69 Å². The molecule has 0 aromatic heterocycles. The van der Waals surface area contributed by atoms with Gasteiger partial charge in [-0.2, -0.15) is 0 Å². The standard InChI is InChI=1S/C19H20N2O3/c1-13-5-3-4-6-16(13)21-10-9-20(12-18(21)23)19(24)15-7-8-17(22)14(2)11-15/h3-8,11,22H,9-10,12H2,1-2H3. The average molecular weight is 324 g/mol. The summed E-state index contributed by atoms with van der Waals surface area (Å²) in [6.45, 7) is 4.74. The number of benzene rings is 2. The van der Waals surface area contributed by atoms with Crippen LogP contribution in [0.5, 0.6) is 5.75 Å². The Bertz CT molecular complexity index is 801. The number of aromatic hydroxyl groups is 1. The summed E-state index contributed by atoms with van der Waals surface area (Å²) in [5, 5.41) is 9.58. The summed E-state index contributed by atoms with van der Waals surface area (Å²) in [5.74, 6) is -0.109. The number of phenolic OH excluding ortho intramolecular Hbond substituents is 1. The van der Waals surface area contributed by atoms with Crippen molar-refractivity contribution in [3.8, 4) is 5.75 Å². The molecule has 0 unspecified atom stereocenters. The average Bonchev–Trinajstić information content (AvgIpc) is 2.57. The van der Waals surface area contributed by atoms with Crippen LogP contribution < -0.4 is 4.90 Å². The molecule has 5 nitrogen and oxygen atoms in total. The Morgan fingerprint density at radius 1 is 1.04 bits per heavy atom. The number of aryl methyl sites for hydroxylation is 2. The van der Waals surface area contributed by atoms with Gasteiger partial charge in [-0.15, -0.1) is 0 Å². The fourth-order valence-electron chi connectivity index (χ4n) is 2.94. The van der Waals surface area contributed by atoms with Crippen molar-refractivity contribution in [2.45, 2.75) is 13.8 Å². The van der Waals surface area contributed by atoms with Crippen molar-refractivity contribution in [2.75, 3.05) is 24.5 Å². The van der Waals surface area contributed by atoms with Gasteiger partial charge in [0.05, 0.1) is 0 Å². The lowest BCUT2D eigenvalue weighted by molar-refractivity contribution is -0.120. The van der Waals surface area contributed by atoms with Crippen LogP contribution in [0.3, 0.4) is 0 Å². The van der Waals surface area contributed by atoms with E-state index in [1.54, 1.807) is 28.9 Å². The third-order valence-corrected chi connectivity index (χ3v) is 4.36. The highest BCUT2D eigenvalue weighted by molar-refractivity contribution is 6.02. The fraction of sp³-hybridized carbons (Fsp3) is 0.263. The van der Waals surface area contributed by atoms with Gasteiger partial charge in [0.25, 0.3) is 5.91 Å². The van der Waals surface area contributed by atoms with E-state index in [0.717, 1.165) is 11.3 Å². The van der Waals surface area contributed by atoms with Crippen LogP contribution in [0.25, 0.3) is 0 Å². The van der Waals surface area contributed by atoms with E-state index < -0.39 is 0 Å². The molecular weight excluding hydrogens is 304 g/mol. The summed E-state index contributed by atoms with van der Waals surface area (Å²) in [5.41, 5.74) is 3.07. The van der Waals surface area contributed by atoms with E-state index in [1.165, 1.54) is 6.07 Å². The Kier molecular flexibility index (Phi) is 4.25. The molecule has 1 fully saturated rings. The SMILES string of the molecule is Cc1cc(C(=O)N2CCN(c3ccccc3C)C(=O)C2)ccc1O. The number of anilines is 1. The van der Waals surface area contributed by atoms with E-state index in [0.29, 0.717) is 24.2 Å². The van der Waals surface area contributed by atoms with E-state index in [4.69, 9.17) is 0 Å². The zero-order valence-electron chi connectivity index (χ0n) is 13.8. The summed E-state index contributed by atoms with van der Waals surface area (Å²) in [4.78, 5) is 28.4. The Balaban J connectivity index is 1.75. The molecule has 3 rings (SSSR count). The van der Waals surface area contributed by atoms with Crippen molar-refractivity contribution in [1.29, 1.82) is 0 Å². The fourth-order valence-corrected chi connectivity index (χ4v) is 2.94. The third-order valence-electron chi connectivity index (χ3n) is 4.36. The summed E-state index contributed by atoms with van der Waals surface area (Å²) in [6, 6.07) is 12.5. The number of phenols is 1. The van der Waals surface area contributed by atoms with Gasteiger partial charge in [-0.1, -0.05) is 18.2 Å². The summed E-state index contributed by atoms with van der Waals surface area (Å²) < 4.78 is 0. The summed E-state index contributed by atoms with van der Waals surface area (Å²) in [7, 11) is 0. The van der Waals surface area contributed by atoms with Crippen LogP contribution in [0.1, 0.15) is 21.5 Å². The zero-order chi connectivity index (χ0) is 17.3. The first-order chi connectivity index (χ1) is 11.5. The molecule has 2 aromatic rings. The van der Waals surface area contributed by atoms with Crippen LogP contribution in [0.2, 0.25) is 0 Å². The minimum Gasteiger partial charge on any atom is -0.508 e. The van der Waals surface area contributed by atoms with E-state index in [1.807, 2.05) is 31.2 Å². The van der Waals surface area contributed by atoms with Gasteiger partial charge in [0.1, 0.15) is 12.3 Å². The van der Waals surface area contributed by atoms with E-state index >= 15 is 0 Å². The maximum atomic E-state index is 12.6. The lowest BCUT2D eigenvalue weighted by Gasteiger charge is -2.35. The number of piperazine rings is 1. The molecule has 5 heteroatoms. The molecular formula is C19H20N2O3. The largest absolute Gasteiger partial charge is 0.508 e. The van der Waals surface area contributed by atoms with E-state index in [-0.39, 0.29) is 24.1 Å². The van der Waals surface area contributed by atoms with Crippen LogP contribution in [-0.2, 0) is 4.79 Å². The minimum absolute atomic E-state index is 0.0626. The summed E-state index contributed by atoms with van der Waals surface area (Å²) >= 11 is 0. The highest BCUT2D eigenvalue weighted by Gasteiger charge is 2.29. The highest BCUT2D eigenvalue weighted by atomic mass is 16.3. The first-order valence-electron chi connectivity index (χ1n) is 7.92. The van der Waals surface area contributed by atoms with Gasteiger partial charge in [0.2, 0.25) is 5.91 Å². The molecule has 0 aliphatic carbocycles. The van der Waals surface area contributed by atoms with Crippen molar-refractivity contribution in [3.63, 3.8) is 0 Å². The first-order valence-corrected chi connectivity index (χ1v) is 7.92. The van der Waals surface area contributed by atoms with Crippen LogP contribution in [-0.4, -0.2) is 41.5 Å². The predicted molar refractivity (Wildman–Crippen MR) is 92.3 cm³/mol. The number of hydrogen-bond donors (Lipinski definition) is 1. The van der Waals surface area contributed by atoms with E-state index in [2.05, 4.69) is 0 Å². The molecule has 0 saturated carbocycles. The van der Waals surface area contributed by atoms with Crippen molar-refractivity contribution in [2.24, 2.45) is 0 Å². The predicted octanol–water partition coefficient (Wildman–Crippen LogP) is 2.50. The maximum Gasteiger partial charge on any atom is 0.254 e. The number of nitrogens with zero attached hydrogens (tertiary/aromatic N) is 2. The molecule has 1 saturated heterocycles. The van der Waals surface area contributed by atoms with Gasteiger partial charge < -0.3 is 14.9 Å². The van der Waals surface area contributed by atoms with Crippen molar-refractivity contribution < 1.29 is 14.7 Å². The topological polar surface area (TPSA) is 60.9 Å². The molecule has 2 amide bonds. The Morgan fingerprint density at radius 3 is 2.46 bits per heavy atom. The number of carbonyl (C=O) groups excluding carboxylic acids is 2. The highest BCUT2D eigenvalue weighted by Crippen LogP contribution is 2.23. The summed E-state index contributed by atoms with van der Waals surface area (Å²) in [6.07, 6.45) is 0. The lowest BCUT2D eigenvalue weighted by Crippen LogP contribution is -2.52. The van der Waals surface area contributed by atoms with Crippen molar-refractivity contribution >= 4 is 17.5 Å². The van der Waals surface area contributed by atoms with Crippen molar-refractivity contribution in [3.05, 3.63) is 59.2 Å². The van der Waals surface area contributed by atoms with E-state index in [9.17, 15) is 14.7 Å². The quantitative estimate of drug-likeness (QED) is 0.923. The smallest absolute Gasteiger partial charge is 0.254 e. The van der Waals surface area contributed by atoms with Crippen LogP contribution in [0.15, 0.2) is 42.5 Å². The lowest BCUT2D eigenvalue weighted by atomic mass is 10.1. The normalized spacial score (nSPS) is 14.8. The molecule has 0 bridgehead atoms. The van der Waals surface area contributed by atoms with Gasteiger partial charge >= 0.3 is 0 Å². The first kappa shape index (κ1) is 16.1. The molecule has 1 heterocycles. The number of amides is 2. The number of hydrogen-bond acceptors (Lipinski definition) is 3. The molecule has 2 aromatic carbocycles. The maximum absolute atomic E-state index is 12.6. The van der Waals surface area contributed by atoms with Crippen LogP contribution >= 0.6 is 0 Å². The molecule has 24 heavy (non-hydrogen) atoms. The van der Waals surface area contributed by atoms with Gasteiger partial charge in [-0.05, 0) is 49.2 Å². The van der Waals surface area contributed by atoms with Gasteiger partial charge in [0, 0.05) is 24.3 Å². The third kappa shape index (κ3) is 2.97. The molecule has 124 valence electrons. The Morgan fingerprint density at radius 2 is 1.79 bits per heavy atom. The molecule has 0 atom stereocenters. The molecule has 0 spiro atoms. The molecule has 1 N–H and O–H groups in total. The Labute approximate surface area is 141 Å². The second-order valence-electron chi connectivity index (χ2n) is 6.06. The Hall–Kier alpha value is -2.82. The number of carbonyl (C=O) groups is 2. The van der Waals surface area contributed by atoms with Gasteiger partial charge in [-0.3, -0.25) is 9.59 Å². The molecule has 1 aliphatic heterocycles. The monoisotopic (exact) mass is 324 g/mol. The number of para-hydroxylation sites is 1. The van der Waals surface area contributed by atoms with Gasteiger partial charge in [0.15, 0.2) is 0 Å². The molecule has 1 aliphatic rings. The van der Waals surface area contributed by atoms with Crippen molar-refractivity contribution in [1.82, 2.24) is 4.90 Å². The van der Waals surface area contributed by atoms with Gasteiger partial charge in [-0.25, -0.2) is 0 Å². The minimum atomic E-state index is -0.184.